The first-order valence-corrected chi connectivity index (χ1v) is 5.54. The van der Waals surface area contributed by atoms with Crippen LogP contribution in [0.1, 0.15) is 36.5 Å². The summed E-state index contributed by atoms with van der Waals surface area (Å²) >= 11 is 0. The molecule has 2 aromatic rings. The molecule has 2 heteroatoms. The molecule has 0 saturated carbocycles. The van der Waals surface area contributed by atoms with Gasteiger partial charge in [-0.1, -0.05) is 13.8 Å². The van der Waals surface area contributed by atoms with Crippen molar-refractivity contribution in [3.63, 3.8) is 0 Å². The van der Waals surface area contributed by atoms with Gasteiger partial charge in [-0.15, -0.1) is 0 Å². The van der Waals surface area contributed by atoms with Gasteiger partial charge in [-0.05, 0) is 48.6 Å². The minimum absolute atomic E-state index is 0.276. The van der Waals surface area contributed by atoms with Crippen LogP contribution in [0, 0.1) is 13.8 Å². The summed E-state index contributed by atoms with van der Waals surface area (Å²) in [6.07, 6.45) is 0. The molecule has 2 rings (SSSR count). The molecule has 0 radical (unpaired) electrons. The van der Waals surface area contributed by atoms with Gasteiger partial charge in [0.1, 0.15) is 5.58 Å². The monoisotopic (exact) mass is 216 g/mol. The summed E-state index contributed by atoms with van der Waals surface area (Å²) in [5.41, 5.74) is 3.88. The second kappa shape index (κ2) is 3.78. The number of aryl methyl sites for hydroxylation is 2. The highest BCUT2D eigenvalue weighted by Crippen LogP contribution is 2.26. The largest absolute Gasteiger partial charge is 0.423 e. The van der Waals surface area contributed by atoms with Crippen LogP contribution in [-0.4, -0.2) is 0 Å². The van der Waals surface area contributed by atoms with Crippen molar-refractivity contribution in [2.45, 2.75) is 33.6 Å². The first kappa shape index (κ1) is 10.9. The Morgan fingerprint density at radius 1 is 1.06 bits per heavy atom. The quantitative estimate of drug-likeness (QED) is 0.682. The van der Waals surface area contributed by atoms with Crippen molar-refractivity contribution >= 4 is 11.0 Å². The summed E-state index contributed by atoms with van der Waals surface area (Å²) in [4.78, 5) is 11.3. The Labute approximate surface area is 94.9 Å². The molecule has 0 amide bonds. The average molecular weight is 216 g/mol. The van der Waals surface area contributed by atoms with Crippen LogP contribution >= 0.6 is 0 Å². The third-order valence-electron chi connectivity index (χ3n) is 2.96. The zero-order valence-corrected chi connectivity index (χ0v) is 10.1. The van der Waals surface area contributed by atoms with E-state index in [1.807, 2.05) is 13.0 Å². The van der Waals surface area contributed by atoms with Gasteiger partial charge in [-0.2, -0.15) is 0 Å². The third-order valence-corrected chi connectivity index (χ3v) is 2.96. The first-order chi connectivity index (χ1) is 7.49. The number of benzene rings is 1. The van der Waals surface area contributed by atoms with E-state index in [1.54, 1.807) is 6.07 Å². The molecule has 0 unspecified atom stereocenters. The molecule has 0 fully saturated rings. The molecule has 0 bridgehead atoms. The fraction of sp³-hybridized carbons (Fsp3) is 0.357. The molecule has 0 aliphatic heterocycles. The van der Waals surface area contributed by atoms with E-state index in [4.69, 9.17) is 4.42 Å². The smallest absolute Gasteiger partial charge is 0.336 e. The van der Waals surface area contributed by atoms with E-state index in [0.29, 0.717) is 11.5 Å². The van der Waals surface area contributed by atoms with Gasteiger partial charge in [0.25, 0.3) is 0 Å². The average Bonchev–Trinajstić information content (AvgIpc) is 2.15. The van der Waals surface area contributed by atoms with Crippen LogP contribution in [0.15, 0.2) is 27.4 Å². The predicted octanol–water partition coefficient (Wildman–Crippen LogP) is 3.53. The van der Waals surface area contributed by atoms with Crippen molar-refractivity contribution in [2.75, 3.05) is 0 Å². The number of hydrogen-bond acceptors (Lipinski definition) is 2. The van der Waals surface area contributed by atoms with E-state index in [9.17, 15) is 4.79 Å². The fourth-order valence-electron chi connectivity index (χ4n) is 2.11. The molecule has 0 aliphatic carbocycles. The summed E-state index contributed by atoms with van der Waals surface area (Å²) in [7, 11) is 0. The van der Waals surface area contributed by atoms with Gasteiger partial charge in [0, 0.05) is 11.5 Å². The lowest BCUT2D eigenvalue weighted by molar-refractivity contribution is 0.559. The maximum atomic E-state index is 11.3. The second-order valence-corrected chi connectivity index (χ2v) is 4.61. The number of rotatable bonds is 1. The van der Waals surface area contributed by atoms with Gasteiger partial charge >= 0.3 is 5.63 Å². The Kier molecular flexibility index (Phi) is 2.58. The molecule has 16 heavy (non-hydrogen) atoms. The van der Waals surface area contributed by atoms with Crippen molar-refractivity contribution in [2.24, 2.45) is 0 Å². The summed E-state index contributed by atoms with van der Waals surface area (Å²) in [6.45, 7) is 8.33. The lowest BCUT2D eigenvalue weighted by Gasteiger charge is -2.11. The highest BCUT2D eigenvalue weighted by atomic mass is 16.4. The minimum atomic E-state index is -0.276. The number of fused-ring (bicyclic) bond motifs is 1. The van der Waals surface area contributed by atoms with E-state index in [0.717, 1.165) is 10.9 Å². The van der Waals surface area contributed by atoms with Crippen molar-refractivity contribution in [3.05, 3.63) is 45.3 Å². The van der Waals surface area contributed by atoms with Crippen molar-refractivity contribution in [1.29, 1.82) is 0 Å². The SMILES string of the molecule is Cc1cc2oc(=O)cc(C)c2cc1C(C)C. The standard InChI is InChI=1S/C14H16O2/c1-8(2)11-7-12-10(4)6-14(15)16-13(12)5-9(11)3/h5-8H,1-4H3. The molecular formula is C14H16O2. The molecule has 84 valence electrons. The maximum Gasteiger partial charge on any atom is 0.336 e. The Bertz CT molecular complexity index is 591. The molecule has 2 nitrogen and oxygen atoms in total. The molecule has 1 heterocycles. The highest BCUT2D eigenvalue weighted by molar-refractivity contribution is 5.81. The van der Waals surface area contributed by atoms with Crippen LogP contribution in [0.4, 0.5) is 0 Å². The molecule has 0 atom stereocenters. The van der Waals surface area contributed by atoms with Crippen LogP contribution in [0.3, 0.4) is 0 Å². The zero-order chi connectivity index (χ0) is 11.9. The van der Waals surface area contributed by atoms with Gasteiger partial charge in [-0.3, -0.25) is 0 Å². The van der Waals surface area contributed by atoms with E-state index < -0.39 is 0 Å². The summed E-state index contributed by atoms with van der Waals surface area (Å²) in [5.74, 6) is 0.482. The van der Waals surface area contributed by atoms with E-state index in [1.165, 1.54) is 11.1 Å². The molecule has 0 aliphatic rings. The molecule has 0 N–H and O–H groups in total. The zero-order valence-electron chi connectivity index (χ0n) is 10.1. The van der Waals surface area contributed by atoms with Crippen molar-refractivity contribution in [1.82, 2.24) is 0 Å². The first-order valence-electron chi connectivity index (χ1n) is 5.54. The van der Waals surface area contributed by atoms with Crippen LogP contribution in [-0.2, 0) is 0 Å². The lowest BCUT2D eigenvalue weighted by atomic mass is 9.95. The topological polar surface area (TPSA) is 30.2 Å². The molecule has 1 aromatic heterocycles. The predicted molar refractivity (Wildman–Crippen MR) is 66.0 cm³/mol. The Morgan fingerprint density at radius 3 is 2.38 bits per heavy atom. The van der Waals surface area contributed by atoms with Gasteiger partial charge in [-0.25, -0.2) is 4.79 Å². The molecule has 0 saturated heterocycles. The third kappa shape index (κ3) is 1.75. The fourth-order valence-corrected chi connectivity index (χ4v) is 2.11. The van der Waals surface area contributed by atoms with E-state index in [-0.39, 0.29) is 5.63 Å². The highest BCUT2D eigenvalue weighted by Gasteiger charge is 2.08. The lowest BCUT2D eigenvalue weighted by Crippen LogP contribution is -2.00. The normalized spacial score (nSPS) is 11.3. The Morgan fingerprint density at radius 2 is 1.75 bits per heavy atom. The summed E-state index contributed by atoms with van der Waals surface area (Å²) in [5, 5.41) is 1.04. The van der Waals surface area contributed by atoms with Gasteiger partial charge in [0.15, 0.2) is 0 Å². The maximum absolute atomic E-state index is 11.3. The van der Waals surface area contributed by atoms with Crippen molar-refractivity contribution < 1.29 is 4.42 Å². The van der Waals surface area contributed by atoms with Crippen molar-refractivity contribution in [3.8, 4) is 0 Å². The minimum Gasteiger partial charge on any atom is -0.423 e. The molecule has 1 aromatic carbocycles. The van der Waals surface area contributed by atoms with Crippen LogP contribution in [0.2, 0.25) is 0 Å². The summed E-state index contributed by atoms with van der Waals surface area (Å²) < 4.78 is 5.20. The van der Waals surface area contributed by atoms with Gasteiger partial charge in [0.05, 0.1) is 0 Å². The molecule has 0 spiro atoms. The Balaban J connectivity index is 2.84. The van der Waals surface area contributed by atoms with Crippen LogP contribution in [0.25, 0.3) is 11.0 Å². The van der Waals surface area contributed by atoms with Gasteiger partial charge < -0.3 is 4.42 Å². The van der Waals surface area contributed by atoms with Crippen LogP contribution < -0.4 is 5.63 Å². The van der Waals surface area contributed by atoms with E-state index >= 15 is 0 Å². The van der Waals surface area contributed by atoms with Gasteiger partial charge in [0.2, 0.25) is 0 Å². The Hall–Kier alpha value is -1.57. The summed E-state index contributed by atoms with van der Waals surface area (Å²) in [6, 6.07) is 5.63. The number of hydrogen-bond donors (Lipinski definition) is 0. The molecular weight excluding hydrogens is 200 g/mol. The second-order valence-electron chi connectivity index (χ2n) is 4.61. The van der Waals surface area contributed by atoms with E-state index in [2.05, 4.69) is 26.8 Å². The van der Waals surface area contributed by atoms with Crippen LogP contribution in [0.5, 0.6) is 0 Å².